The first-order valence-electron chi connectivity index (χ1n) is 4.02. The van der Waals surface area contributed by atoms with Crippen LogP contribution < -0.4 is 16.9 Å². The van der Waals surface area contributed by atoms with E-state index in [9.17, 15) is 9.59 Å². The molecule has 0 heterocycles. The van der Waals surface area contributed by atoms with Gasteiger partial charge in [-0.25, -0.2) is 5.48 Å². The highest BCUT2D eigenvalue weighted by atomic mass is 16.7. The molecule has 0 saturated heterocycles. The van der Waals surface area contributed by atoms with Crippen molar-refractivity contribution in [1.82, 2.24) is 5.48 Å². The van der Waals surface area contributed by atoms with Gasteiger partial charge in [-0.2, -0.15) is 0 Å². The lowest BCUT2D eigenvalue weighted by molar-refractivity contribution is -0.139. The van der Waals surface area contributed by atoms with Crippen molar-refractivity contribution < 1.29 is 19.2 Å². The van der Waals surface area contributed by atoms with Crippen LogP contribution in [0.3, 0.4) is 0 Å². The maximum absolute atomic E-state index is 11.0. The number of hydrogen-bond donors (Lipinski definition) is 3. The summed E-state index contributed by atoms with van der Waals surface area (Å²) in [6.45, 7) is -0.119. The number of carbonyl (C=O) groups is 2. The van der Waals surface area contributed by atoms with Crippen molar-refractivity contribution >= 4 is 11.8 Å². The monoisotopic (exact) mass is 205 g/mol. The fourth-order valence-electron chi connectivity index (χ4n) is 0.699. The maximum Gasteiger partial charge on any atom is 0.246 e. The average Bonchev–Trinajstić information content (AvgIpc) is 2.13. The molecule has 0 saturated carbocycles. The molecule has 5 N–H and O–H groups in total. The molecule has 0 aromatic rings. The van der Waals surface area contributed by atoms with Crippen LogP contribution in [0, 0.1) is 0 Å². The van der Waals surface area contributed by atoms with Crippen molar-refractivity contribution in [3.63, 3.8) is 0 Å². The molecule has 0 aliphatic carbocycles. The standard InChI is InChI=1S/C7H15N3O4/c1-13-5(3-8)2-7(12)10-14-4-6(9)11/h5H,2-4,8H2,1H3,(H2,9,11)(H,10,12). The van der Waals surface area contributed by atoms with E-state index < -0.39 is 11.8 Å². The van der Waals surface area contributed by atoms with E-state index in [0.29, 0.717) is 0 Å². The first-order chi connectivity index (χ1) is 6.60. The van der Waals surface area contributed by atoms with Gasteiger partial charge in [-0.1, -0.05) is 0 Å². The second-order valence-electron chi connectivity index (χ2n) is 2.58. The number of hydroxylamine groups is 1. The number of carbonyl (C=O) groups excluding carboxylic acids is 2. The first kappa shape index (κ1) is 12.8. The van der Waals surface area contributed by atoms with Gasteiger partial charge in [-0.05, 0) is 0 Å². The zero-order chi connectivity index (χ0) is 11.0. The fourth-order valence-corrected chi connectivity index (χ4v) is 0.699. The van der Waals surface area contributed by atoms with Gasteiger partial charge < -0.3 is 16.2 Å². The van der Waals surface area contributed by atoms with Crippen LogP contribution in [-0.4, -0.2) is 38.2 Å². The second kappa shape index (κ2) is 7.25. The van der Waals surface area contributed by atoms with Gasteiger partial charge in [-0.3, -0.25) is 14.4 Å². The highest BCUT2D eigenvalue weighted by Crippen LogP contribution is 1.93. The molecule has 14 heavy (non-hydrogen) atoms. The summed E-state index contributed by atoms with van der Waals surface area (Å²) in [5, 5.41) is 0. The third-order valence-corrected chi connectivity index (χ3v) is 1.41. The predicted octanol–water partition coefficient (Wildman–Crippen LogP) is -2.12. The molecule has 0 radical (unpaired) electrons. The minimum atomic E-state index is -0.660. The Morgan fingerprint density at radius 2 is 2.14 bits per heavy atom. The Kier molecular flexibility index (Phi) is 6.63. The van der Waals surface area contributed by atoms with Crippen molar-refractivity contribution in [3.05, 3.63) is 0 Å². The summed E-state index contributed by atoms with van der Waals surface area (Å²) in [6, 6.07) is 0. The van der Waals surface area contributed by atoms with Gasteiger partial charge in [0.25, 0.3) is 0 Å². The molecular formula is C7H15N3O4. The molecule has 0 bridgehead atoms. The van der Waals surface area contributed by atoms with Gasteiger partial charge in [0.15, 0.2) is 6.61 Å². The van der Waals surface area contributed by atoms with E-state index in [1.165, 1.54) is 7.11 Å². The molecule has 1 unspecified atom stereocenters. The minimum Gasteiger partial charge on any atom is -0.380 e. The first-order valence-corrected chi connectivity index (χ1v) is 4.02. The third kappa shape index (κ3) is 6.35. The average molecular weight is 205 g/mol. The van der Waals surface area contributed by atoms with Crippen LogP contribution in [0.5, 0.6) is 0 Å². The smallest absolute Gasteiger partial charge is 0.246 e. The lowest BCUT2D eigenvalue weighted by Gasteiger charge is -2.11. The second-order valence-corrected chi connectivity index (χ2v) is 2.58. The van der Waals surface area contributed by atoms with Crippen molar-refractivity contribution in [2.75, 3.05) is 20.3 Å². The maximum atomic E-state index is 11.0. The van der Waals surface area contributed by atoms with E-state index >= 15 is 0 Å². The van der Waals surface area contributed by atoms with E-state index in [4.69, 9.17) is 16.2 Å². The van der Waals surface area contributed by atoms with E-state index in [1.54, 1.807) is 0 Å². The molecule has 82 valence electrons. The van der Waals surface area contributed by atoms with Crippen molar-refractivity contribution in [2.45, 2.75) is 12.5 Å². The molecule has 2 amide bonds. The van der Waals surface area contributed by atoms with Gasteiger partial charge >= 0.3 is 0 Å². The normalized spacial score (nSPS) is 12.1. The molecule has 0 aliphatic rings. The van der Waals surface area contributed by atoms with Gasteiger partial charge in [0, 0.05) is 13.7 Å². The van der Waals surface area contributed by atoms with Gasteiger partial charge in [-0.15, -0.1) is 0 Å². The lowest BCUT2D eigenvalue weighted by Crippen LogP contribution is -2.34. The van der Waals surface area contributed by atoms with E-state index in [0.717, 1.165) is 0 Å². The number of hydrogen-bond acceptors (Lipinski definition) is 5. The quantitative estimate of drug-likeness (QED) is 0.411. The topological polar surface area (TPSA) is 117 Å². The summed E-state index contributed by atoms with van der Waals surface area (Å²) >= 11 is 0. The molecule has 0 aliphatic heterocycles. The highest BCUT2D eigenvalue weighted by Gasteiger charge is 2.11. The molecule has 0 spiro atoms. The van der Waals surface area contributed by atoms with Crippen LogP contribution in [0.15, 0.2) is 0 Å². The van der Waals surface area contributed by atoms with Gasteiger partial charge in [0.1, 0.15) is 0 Å². The summed E-state index contributed by atoms with van der Waals surface area (Å²) in [7, 11) is 1.45. The molecule has 0 aromatic carbocycles. The molecule has 0 rings (SSSR count). The largest absolute Gasteiger partial charge is 0.380 e. The van der Waals surface area contributed by atoms with Gasteiger partial charge in [0.2, 0.25) is 11.8 Å². The Morgan fingerprint density at radius 3 is 2.57 bits per heavy atom. The van der Waals surface area contributed by atoms with E-state index in [2.05, 4.69) is 4.84 Å². The number of ether oxygens (including phenoxy) is 1. The fraction of sp³-hybridized carbons (Fsp3) is 0.714. The van der Waals surface area contributed by atoms with Crippen LogP contribution in [0.1, 0.15) is 6.42 Å². The Bertz CT molecular complexity index is 193. The molecule has 0 aromatic heterocycles. The number of rotatable bonds is 7. The van der Waals surface area contributed by atoms with Crippen molar-refractivity contribution in [1.29, 1.82) is 0 Å². The van der Waals surface area contributed by atoms with Crippen molar-refractivity contribution in [3.8, 4) is 0 Å². The lowest BCUT2D eigenvalue weighted by atomic mass is 10.2. The molecule has 0 fully saturated rings. The number of nitrogens with two attached hydrogens (primary N) is 2. The molecular weight excluding hydrogens is 190 g/mol. The Labute approximate surface area is 81.7 Å². The van der Waals surface area contributed by atoms with Crippen LogP contribution in [0.4, 0.5) is 0 Å². The summed E-state index contributed by atoms with van der Waals surface area (Å²) in [6.07, 6.45) is -0.279. The molecule has 7 nitrogen and oxygen atoms in total. The van der Waals surface area contributed by atoms with Crippen LogP contribution in [0.2, 0.25) is 0 Å². The van der Waals surface area contributed by atoms with E-state index in [-0.39, 0.29) is 25.7 Å². The summed E-state index contributed by atoms with van der Waals surface area (Å²) < 4.78 is 4.86. The summed E-state index contributed by atoms with van der Waals surface area (Å²) in [5.74, 6) is -1.07. The Morgan fingerprint density at radius 1 is 1.50 bits per heavy atom. The van der Waals surface area contributed by atoms with Crippen LogP contribution in [0.25, 0.3) is 0 Å². The van der Waals surface area contributed by atoms with Crippen LogP contribution >= 0.6 is 0 Å². The van der Waals surface area contributed by atoms with Crippen LogP contribution in [-0.2, 0) is 19.2 Å². The SMILES string of the molecule is COC(CN)CC(=O)NOCC(N)=O. The Balaban J connectivity index is 3.59. The molecule has 1 atom stereocenters. The number of primary amides is 1. The zero-order valence-electron chi connectivity index (χ0n) is 7.99. The number of nitrogens with one attached hydrogen (secondary N) is 1. The zero-order valence-corrected chi connectivity index (χ0v) is 7.99. The summed E-state index contributed by atoms with van der Waals surface area (Å²) in [5.41, 5.74) is 12.1. The number of methoxy groups -OCH3 is 1. The summed E-state index contributed by atoms with van der Waals surface area (Å²) in [4.78, 5) is 25.7. The molecule has 7 heteroatoms. The van der Waals surface area contributed by atoms with Crippen molar-refractivity contribution in [2.24, 2.45) is 11.5 Å². The highest BCUT2D eigenvalue weighted by molar-refractivity contribution is 5.77. The number of amides is 2. The minimum absolute atomic E-state index is 0.0752. The predicted molar refractivity (Wildman–Crippen MR) is 47.8 cm³/mol. The van der Waals surface area contributed by atoms with Gasteiger partial charge in [0.05, 0.1) is 12.5 Å². The van der Waals surface area contributed by atoms with E-state index in [1.807, 2.05) is 5.48 Å². The Hall–Kier alpha value is -1.18. The third-order valence-electron chi connectivity index (χ3n) is 1.41.